The number of thiazole rings is 1. The number of nitrogens with one attached hydrogen (secondary N) is 1. The molecule has 0 aliphatic carbocycles. The quantitative estimate of drug-likeness (QED) is 0.882. The normalized spacial score (nSPS) is 12.2. The third kappa shape index (κ3) is 3.05. The number of aromatic nitrogens is 1. The Bertz CT molecular complexity index is 514. The van der Waals surface area contributed by atoms with E-state index in [1.807, 2.05) is 29.8 Å². The van der Waals surface area contributed by atoms with Gasteiger partial charge in [0.1, 0.15) is 16.5 Å². The third-order valence-corrected chi connectivity index (χ3v) is 3.70. The maximum absolute atomic E-state index is 5.47. The summed E-state index contributed by atoms with van der Waals surface area (Å²) in [4.78, 5) is 4.40. The molecule has 0 radical (unpaired) electrons. The summed E-state index contributed by atoms with van der Waals surface area (Å²) in [5.41, 5.74) is 1.07. The lowest BCUT2D eigenvalue weighted by Gasteiger charge is -2.19. The van der Waals surface area contributed by atoms with E-state index in [4.69, 9.17) is 9.47 Å². The van der Waals surface area contributed by atoms with Crippen LogP contribution in [0.4, 0.5) is 0 Å². The lowest BCUT2D eigenvalue weighted by molar-refractivity contribution is 0.387. The number of hydrogen-bond donors (Lipinski definition) is 1. The maximum Gasteiger partial charge on any atom is 0.127 e. The Hall–Kier alpha value is -1.59. The van der Waals surface area contributed by atoms with Gasteiger partial charge in [-0.05, 0) is 18.7 Å². The Morgan fingerprint density at radius 2 is 2.16 bits per heavy atom. The highest BCUT2D eigenvalue weighted by Gasteiger charge is 2.20. The topological polar surface area (TPSA) is 43.4 Å². The Kier molecular flexibility index (Phi) is 4.76. The second kappa shape index (κ2) is 6.54. The lowest BCUT2D eigenvalue weighted by atomic mass is 10.1. The van der Waals surface area contributed by atoms with E-state index in [0.717, 1.165) is 28.6 Å². The molecule has 0 saturated carbocycles. The van der Waals surface area contributed by atoms with Gasteiger partial charge in [-0.1, -0.05) is 6.92 Å². The number of methoxy groups -OCH3 is 2. The van der Waals surface area contributed by atoms with Crippen molar-refractivity contribution in [2.24, 2.45) is 0 Å². The highest BCUT2D eigenvalue weighted by Crippen LogP contribution is 2.33. The number of ether oxygens (including phenoxy) is 2. The fourth-order valence-corrected chi connectivity index (χ4v) is 2.70. The molecule has 0 aliphatic rings. The SMILES string of the molecule is CCNC(c1nccs1)c1ccc(OC)cc1OC. The second-order valence-corrected chi connectivity index (χ2v) is 4.90. The highest BCUT2D eigenvalue weighted by molar-refractivity contribution is 7.09. The zero-order chi connectivity index (χ0) is 13.7. The van der Waals surface area contributed by atoms with E-state index in [0.29, 0.717) is 0 Å². The van der Waals surface area contributed by atoms with Crippen LogP contribution in [-0.4, -0.2) is 25.7 Å². The molecule has 0 fully saturated rings. The van der Waals surface area contributed by atoms with Crippen molar-refractivity contribution in [3.8, 4) is 11.5 Å². The minimum absolute atomic E-state index is 0.0471. The first-order valence-electron chi connectivity index (χ1n) is 6.14. The fourth-order valence-electron chi connectivity index (χ4n) is 1.97. The largest absolute Gasteiger partial charge is 0.497 e. The van der Waals surface area contributed by atoms with Crippen molar-refractivity contribution in [1.82, 2.24) is 10.3 Å². The summed E-state index contributed by atoms with van der Waals surface area (Å²) in [5.74, 6) is 1.59. The van der Waals surface area contributed by atoms with Crippen LogP contribution in [0.1, 0.15) is 23.5 Å². The molecule has 1 aromatic carbocycles. The Balaban J connectivity index is 2.41. The van der Waals surface area contributed by atoms with Crippen LogP contribution in [-0.2, 0) is 0 Å². The summed E-state index contributed by atoms with van der Waals surface area (Å²) < 4.78 is 10.7. The summed E-state index contributed by atoms with van der Waals surface area (Å²) in [6.45, 7) is 2.94. The van der Waals surface area contributed by atoms with Crippen molar-refractivity contribution in [3.05, 3.63) is 40.3 Å². The number of nitrogens with zero attached hydrogens (tertiary/aromatic N) is 1. The minimum atomic E-state index is 0.0471. The molecule has 4 nitrogen and oxygen atoms in total. The van der Waals surface area contributed by atoms with Gasteiger partial charge in [-0.2, -0.15) is 0 Å². The zero-order valence-corrected chi connectivity index (χ0v) is 12.2. The maximum atomic E-state index is 5.47. The van der Waals surface area contributed by atoms with Gasteiger partial charge in [0, 0.05) is 23.2 Å². The van der Waals surface area contributed by atoms with Crippen LogP contribution in [0, 0.1) is 0 Å². The number of hydrogen-bond acceptors (Lipinski definition) is 5. The fraction of sp³-hybridized carbons (Fsp3) is 0.357. The smallest absolute Gasteiger partial charge is 0.127 e. The van der Waals surface area contributed by atoms with Gasteiger partial charge in [-0.15, -0.1) is 11.3 Å². The molecule has 5 heteroatoms. The minimum Gasteiger partial charge on any atom is -0.497 e. The van der Waals surface area contributed by atoms with E-state index < -0.39 is 0 Å². The molecule has 0 spiro atoms. The van der Waals surface area contributed by atoms with Crippen LogP contribution >= 0.6 is 11.3 Å². The molecule has 0 amide bonds. The summed E-state index contributed by atoms with van der Waals surface area (Å²) in [7, 11) is 3.32. The van der Waals surface area contributed by atoms with Gasteiger partial charge in [0.05, 0.1) is 20.3 Å². The predicted molar refractivity (Wildman–Crippen MR) is 77.2 cm³/mol. The van der Waals surface area contributed by atoms with Crippen LogP contribution in [0.15, 0.2) is 29.8 Å². The van der Waals surface area contributed by atoms with Gasteiger partial charge in [0.15, 0.2) is 0 Å². The summed E-state index contributed by atoms with van der Waals surface area (Å²) in [6.07, 6.45) is 1.82. The van der Waals surface area contributed by atoms with Crippen LogP contribution in [0.2, 0.25) is 0 Å². The van der Waals surface area contributed by atoms with Gasteiger partial charge >= 0.3 is 0 Å². The van der Waals surface area contributed by atoms with E-state index >= 15 is 0 Å². The zero-order valence-electron chi connectivity index (χ0n) is 11.3. The van der Waals surface area contributed by atoms with Crippen molar-refractivity contribution >= 4 is 11.3 Å². The van der Waals surface area contributed by atoms with Gasteiger partial charge in [-0.25, -0.2) is 4.98 Å². The molecule has 0 bridgehead atoms. The van der Waals surface area contributed by atoms with Crippen molar-refractivity contribution in [1.29, 1.82) is 0 Å². The van der Waals surface area contributed by atoms with Gasteiger partial charge in [0.2, 0.25) is 0 Å². The highest BCUT2D eigenvalue weighted by atomic mass is 32.1. The monoisotopic (exact) mass is 278 g/mol. The van der Waals surface area contributed by atoms with Crippen molar-refractivity contribution in [2.75, 3.05) is 20.8 Å². The van der Waals surface area contributed by atoms with E-state index in [2.05, 4.69) is 17.2 Å². The van der Waals surface area contributed by atoms with Crippen LogP contribution < -0.4 is 14.8 Å². The average molecular weight is 278 g/mol. The van der Waals surface area contributed by atoms with E-state index in [9.17, 15) is 0 Å². The Labute approximate surface area is 117 Å². The molecule has 0 aliphatic heterocycles. The van der Waals surface area contributed by atoms with Crippen molar-refractivity contribution in [3.63, 3.8) is 0 Å². The van der Waals surface area contributed by atoms with Crippen molar-refractivity contribution in [2.45, 2.75) is 13.0 Å². The Morgan fingerprint density at radius 3 is 2.74 bits per heavy atom. The molecular formula is C14H18N2O2S. The molecule has 1 atom stereocenters. The van der Waals surface area contributed by atoms with E-state index in [1.165, 1.54) is 0 Å². The summed E-state index contributed by atoms with van der Waals surface area (Å²) >= 11 is 1.63. The molecule has 1 N–H and O–H groups in total. The first kappa shape index (κ1) is 13.8. The van der Waals surface area contributed by atoms with Gasteiger partial charge in [-0.3, -0.25) is 0 Å². The Morgan fingerprint density at radius 1 is 1.32 bits per heavy atom. The van der Waals surface area contributed by atoms with Gasteiger partial charge < -0.3 is 14.8 Å². The molecule has 1 heterocycles. The van der Waals surface area contributed by atoms with Crippen LogP contribution in [0.5, 0.6) is 11.5 Å². The third-order valence-electron chi connectivity index (χ3n) is 2.86. The first-order chi connectivity index (χ1) is 9.30. The molecule has 0 saturated heterocycles. The van der Waals surface area contributed by atoms with Crippen LogP contribution in [0.3, 0.4) is 0 Å². The van der Waals surface area contributed by atoms with Crippen LogP contribution in [0.25, 0.3) is 0 Å². The molecular weight excluding hydrogens is 260 g/mol. The first-order valence-corrected chi connectivity index (χ1v) is 7.02. The molecule has 19 heavy (non-hydrogen) atoms. The molecule has 2 rings (SSSR count). The number of rotatable bonds is 6. The van der Waals surface area contributed by atoms with Gasteiger partial charge in [0.25, 0.3) is 0 Å². The standard InChI is InChI=1S/C14H18N2O2S/c1-4-15-13(14-16-7-8-19-14)11-6-5-10(17-2)9-12(11)18-3/h5-9,13,15H,4H2,1-3H3. The molecule has 2 aromatic rings. The number of benzene rings is 1. The van der Waals surface area contributed by atoms with E-state index in [-0.39, 0.29) is 6.04 Å². The molecule has 1 aromatic heterocycles. The lowest BCUT2D eigenvalue weighted by Crippen LogP contribution is -2.22. The molecule has 1 unspecified atom stereocenters. The second-order valence-electron chi connectivity index (χ2n) is 3.97. The summed E-state index contributed by atoms with van der Waals surface area (Å²) in [5, 5.41) is 6.46. The van der Waals surface area contributed by atoms with E-state index in [1.54, 1.807) is 25.6 Å². The average Bonchev–Trinajstić information content (AvgIpc) is 2.98. The van der Waals surface area contributed by atoms with Crippen molar-refractivity contribution < 1.29 is 9.47 Å². The predicted octanol–water partition coefficient (Wildman–Crippen LogP) is 2.86. The summed E-state index contributed by atoms with van der Waals surface area (Å²) in [6, 6.07) is 5.90. The molecule has 102 valence electrons.